The van der Waals surface area contributed by atoms with Crippen LogP contribution in [0.4, 0.5) is 5.69 Å². The molecule has 0 radical (unpaired) electrons. The van der Waals surface area contributed by atoms with Crippen molar-refractivity contribution in [3.8, 4) is 0 Å². The van der Waals surface area contributed by atoms with Crippen LogP contribution in [0.15, 0.2) is 103 Å². The Kier molecular flexibility index (Phi) is 6.04. The maximum Gasteiger partial charge on any atom is 0.248 e. The van der Waals surface area contributed by atoms with Crippen LogP contribution in [0.5, 0.6) is 0 Å². The number of aryl methyl sites for hydroxylation is 2. The quantitative estimate of drug-likeness (QED) is 0.306. The number of amides is 1. The van der Waals surface area contributed by atoms with Crippen LogP contribution in [0.25, 0.3) is 16.3 Å². The molecule has 0 atom stereocenters. The summed E-state index contributed by atoms with van der Waals surface area (Å²) in [5.74, 6) is -0.172. The minimum absolute atomic E-state index is 0.172. The minimum atomic E-state index is -0.172. The van der Waals surface area contributed by atoms with E-state index in [1.54, 1.807) is 18.5 Å². The SMILES string of the molecule is Cc1ccccc1C(=C/C=C/C(=O)Nc1cccc2cnccc12)c1ccccc1C. The monoisotopic (exact) mass is 404 g/mol. The lowest BCUT2D eigenvalue weighted by molar-refractivity contribution is -0.111. The van der Waals surface area contributed by atoms with Gasteiger partial charge in [0.05, 0.1) is 0 Å². The van der Waals surface area contributed by atoms with E-state index < -0.39 is 0 Å². The highest BCUT2D eigenvalue weighted by Gasteiger charge is 2.09. The van der Waals surface area contributed by atoms with Gasteiger partial charge in [-0.1, -0.05) is 72.8 Å². The lowest BCUT2D eigenvalue weighted by Gasteiger charge is -2.13. The van der Waals surface area contributed by atoms with Crippen LogP contribution in [0.1, 0.15) is 22.3 Å². The number of benzene rings is 3. The first kappa shape index (κ1) is 20.3. The normalized spacial score (nSPS) is 10.9. The average molecular weight is 405 g/mol. The molecule has 4 aromatic rings. The highest BCUT2D eigenvalue weighted by atomic mass is 16.1. The molecule has 3 heteroatoms. The van der Waals surface area contributed by atoms with E-state index in [-0.39, 0.29) is 5.91 Å². The Morgan fingerprint density at radius 3 is 2.19 bits per heavy atom. The van der Waals surface area contributed by atoms with Gasteiger partial charge in [0.25, 0.3) is 0 Å². The molecule has 1 heterocycles. The van der Waals surface area contributed by atoms with Gasteiger partial charge in [0.2, 0.25) is 5.91 Å². The Morgan fingerprint density at radius 1 is 0.839 bits per heavy atom. The van der Waals surface area contributed by atoms with E-state index >= 15 is 0 Å². The molecule has 0 aliphatic rings. The molecule has 0 aliphatic heterocycles. The first-order valence-corrected chi connectivity index (χ1v) is 10.3. The number of carbonyl (C=O) groups is 1. The second-order valence-electron chi connectivity index (χ2n) is 7.46. The van der Waals surface area contributed by atoms with Crippen molar-refractivity contribution in [3.05, 3.63) is 126 Å². The van der Waals surface area contributed by atoms with Crippen molar-refractivity contribution in [2.75, 3.05) is 5.32 Å². The first-order chi connectivity index (χ1) is 15.1. The number of allylic oxidation sites excluding steroid dienone is 2. The summed E-state index contributed by atoms with van der Waals surface area (Å²) in [6.45, 7) is 4.21. The maximum absolute atomic E-state index is 12.6. The van der Waals surface area contributed by atoms with Crippen LogP contribution >= 0.6 is 0 Å². The topological polar surface area (TPSA) is 42.0 Å². The van der Waals surface area contributed by atoms with Crippen LogP contribution in [-0.2, 0) is 4.79 Å². The van der Waals surface area contributed by atoms with Crippen LogP contribution in [0.3, 0.4) is 0 Å². The molecule has 31 heavy (non-hydrogen) atoms. The molecular formula is C28H24N2O. The molecule has 0 bridgehead atoms. The number of fused-ring (bicyclic) bond motifs is 1. The first-order valence-electron chi connectivity index (χ1n) is 10.3. The van der Waals surface area contributed by atoms with E-state index in [1.807, 2.05) is 60.7 Å². The van der Waals surface area contributed by atoms with E-state index in [4.69, 9.17) is 0 Å². The van der Waals surface area contributed by atoms with Crippen molar-refractivity contribution in [3.63, 3.8) is 0 Å². The molecule has 152 valence electrons. The zero-order valence-corrected chi connectivity index (χ0v) is 17.7. The highest BCUT2D eigenvalue weighted by molar-refractivity contribution is 6.06. The van der Waals surface area contributed by atoms with E-state index in [0.29, 0.717) is 0 Å². The molecule has 0 spiro atoms. The standard InChI is InChI=1S/C28H24N2O/c1-20-9-3-5-12-23(20)26(24-13-6-4-10-21(24)2)14-8-16-28(31)30-27-15-7-11-22-19-29-18-17-25(22)27/h3-19H,1-2H3,(H,30,31)/b16-8+. The smallest absolute Gasteiger partial charge is 0.248 e. The van der Waals surface area contributed by atoms with Gasteiger partial charge < -0.3 is 5.32 Å². The number of carbonyl (C=O) groups excluding carboxylic acids is 1. The van der Waals surface area contributed by atoms with Gasteiger partial charge in [-0.05, 0) is 53.8 Å². The third-order valence-corrected chi connectivity index (χ3v) is 5.32. The number of hydrogen-bond acceptors (Lipinski definition) is 2. The summed E-state index contributed by atoms with van der Waals surface area (Å²) in [6, 6.07) is 24.3. The van der Waals surface area contributed by atoms with Crippen molar-refractivity contribution < 1.29 is 4.79 Å². The average Bonchev–Trinajstić information content (AvgIpc) is 2.78. The van der Waals surface area contributed by atoms with Gasteiger partial charge in [-0.15, -0.1) is 0 Å². The Morgan fingerprint density at radius 2 is 1.52 bits per heavy atom. The largest absolute Gasteiger partial charge is 0.322 e. The van der Waals surface area contributed by atoms with Gasteiger partial charge in [0, 0.05) is 34.9 Å². The van der Waals surface area contributed by atoms with Gasteiger partial charge in [0.1, 0.15) is 0 Å². The second-order valence-corrected chi connectivity index (χ2v) is 7.46. The summed E-state index contributed by atoms with van der Waals surface area (Å²) in [4.78, 5) is 16.7. The molecule has 0 aliphatic carbocycles. The number of nitrogens with one attached hydrogen (secondary N) is 1. The maximum atomic E-state index is 12.6. The molecule has 3 aromatic carbocycles. The second kappa shape index (κ2) is 9.23. The van der Waals surface area contributed by atoms with Crippen molar-refractivity contribution in [1.82, 2.24) is 4.98 Å². The van der Waals surface area contributed by atoms with Gasteiger partial charge in [-0.2, -0.15) is 0 Å². The molecule has 1 aromatic heterocycles. The van der Waals surface area contributed by atoms with Crippen LogP contribution in [-0.4, -0.2) is 10.9 Å². The number of nitrogens with zero attached hydrogens (tertiary/aromatic N) is 1. The molecule has 0 saturated heterocycles. The molecular weight excluding hydrogens is 380 g/mol. The van der Waals surface area contributed by atoms with E-state index in [0.717, 1.165) is 33.2 Å². The zero-order chi connectivity index (χ0) is 21.6. The lowest BCUT2D eigenvalue weighted by atomic mass is 9.91. The molecule has 0 saturated carbocycles. The van der Waals surface area contributed by atoms with E-state index in [1.165, 1.54) is 11.1 Å². The number of pyridine rings is 1. The Balaban J connectivity index is 1.63. The molecule has 0 unspecified atom stereocenters. The molecule has 1 amide bonds. The number of hydrogen-bond donors (Lipinski definition) is 1. The number of aromatic nitrogens is 1. The summed E-state index contributed by atoms with van der Waals surface area (Å²) in [5.41, 5.74) is 6.57. The van der Waals surface area contributed by atoms with Gasteiger partial charge in [0.15, 0.2) is 0 Å². The molecule has 3 nitrogen and oxygen atoms in total. The molecule has 0 fully saturated rings. The molecule has 1 N–H and O–H groups in total. The van der Waals surface area contributed by atoms with Crippen LogP contribution in [0, 0.1) is 13.8 Å². The Hall–Kier alpha value is -3.98. The number of rotatable bonds is 5. The summed E-state index contributed by atoms with van der Waals surface area (Å²) in [7, 11) is 0. The summed E-state index contributed by atoms with van der Waals surface area (Å²) in [5, 5.41) is 4.94. The Bertz CT molecular complexity index is 1250. The predicted molar refractivity (Wildman–Crippen MR) is 129 cm³/mol. The van der Waals surface area contributed by atoms with Gasteiger partial charge in [-0.25, -0.2) is 0 Å². The summed E-state index contributed by atoms with van der Waals surface area (Å²) >= 11 is 0. The molecule has 4 rings (SSSR count). The van der Waals surface area contributed by atoms with Crippen LogP contribution in [0.2, 0.25) is 0 Å². The van der Waals surface area contributed by atoms with Crippen molar-refractivity contribution in [1.29, 1.82) is 0 Å². The fourth-order valence-corrected chi connectivity index (χ4v) is 3.71. The van der Waals surface area contributed by atoms with Gasteiger partial charge >= 0.3 is 0 Å². The minimum Gasteiger partial charge on any atom is -0.322 e. The van der Waals surface area contributed by atoms with Crippen LogP contribution < -0.4 is 5.32 Å². The third-order valence-electron chi connectivity index (χ3n) is 5.32. The lowest BCUT2D eigenvalue weighted by Crippen LogP contribution is -2.08. The summed E-state index contributed by atoms with van der Waals surface area (Å²) in [6.07, 6.45) is 8.91. The summed E-state index contributed by atoms with van der Waals surface area (Å²) < 4.78 is 0. The third kappa shape index (κ3) is 4.62. The van der Waals surface area contributed by atoms with E-state index in [9.17, 15) is 4.79 Å². The van der Waals surface area contributed by atoms with Gasteiger partial charge in [-0.3, -0.25) is 9.78 Å². The van der Waals surface area contributed by atoms with Crippen molar-refractivity contribution >= 4 is 27.9 Å². The fourth-order valence-electron chi connectivity index (χ4n) is 3.71. The zero-order valence-electron chi connectivity index (χ0n) is 17.7. The fraction of sp³-hybridized carbons (Fsp3) is 0.0714. The number of anilines is 1. The van der Waals surface area contributed by atoms with Crippen molar-refractivity contribution in [2.24, 2.45) is 0 Å². The van der Waals surface area contributed by atoms with E-state index in [2.05, 4.69) is 48.4 Å². The Labute approximate surface area is 182 Å². The highest BCUT2D eigenvalue weighted by Crippen LogP contribution is 2.28. The predicted octanol–water partition coefficient (Wildman–Crippen LogP) is 6.48. The van der Waals surface area contributed by atoms with Crippen molar-refractivity contribution in [2.45, 2.75) is 13.8 Å².